The molecule has 4 nitrogen and oxygen atoms in total. The summed E-state index contributed by atoms with van der Waals surface area (Å²) in [5.41, 5.74) is -1.14. The number of carboxylic acids is 1. The second-order valence-electron chi connectivity index (χ2n) is 4.60. The molecule has 0 saturated carbocycles. The van der Waals surface area contributed by atoms with Crippen LogP contribution >= 0.6 is 46.7 Å². The SMILES string of the molecule is O=C(CSc1cc(Cl)ccc1Cl)NC1(C(=O)O)CCSC1. The van der Waals surface area contributed by atoms with E-state index in [1.165, 1.54) is 23.5 Å². The van der Waals surface area contributed by atoms with Crippen LogP contribution in [0.4, 0.5) is 0 Å². The molecule has 1 fully saturated rings. The Morgan fingerprint density at radius 3 is 2.81 bits per heavy atom. The van der Waals surface area contributed by atoms with Crippen LogP contribution in [0, 0.1) is 0 Å². The van der Waals surface area contributed by atoms with Crippen molar-refractivity contribution in [2.24, 2.45) is 0 Å². The molecular weight excluding hydrogens is 353 g/mol. The molecule has 2 N–H and O–H groups in total. The van der Waals surface area contributed by atoms with Gasteiger partial charge in [0.15, 0.2) is 0 Å². The smallest absolute Gasteiger partial charge is 0.330 e. The van der Waals surface area contributed by atoms with E-state index in [0.29, 0.717) is 27.1 Å². The zero-order chi connectivity index (χ0) is 15.5. The molecule has 0 aromatic heterocycles. The molecule has 21 heavy (non-hydrogen) atoms. The lowest BCUT2D eigenvalue weighted by Gasteiger charge is -2.24. The number of hydrogen-bond donors (Lipinski definition) is 2. The number of aliphatic carboxylic acids is 1. The zero-order valence-corrected chi connectivity index (χ0v) is 14.0. The Morgan fingerprint density at radius 2 is 2.19 bits per heavy atom. The fourth-order valence-electron chi connectivity index (χ4n) is 1.92. The van der Waals surface area contributed by atoms with Gasteiger partial charge in [0.1, 0.15) is 5.54 Å². The Hall–Kier alpha value is -0.560. The van der Waals surface area contributed by atoms with Gasteiger partial charge >= 0.3 is 5.97 Å². The van der Waals surface area contributed by atoms with Crippen molar-refractivity contribution in [1.29, 1.82) is 0 Å². The number of carbonyl (C=O) groups is 2. The van der Waals surface area contributed by atoms with Crippen molar-refractivity contribution < 1.29 is 14.7 Å². The van der Waals surface area contributed by atoms with E-state index in [1.807, 2.05) is 0 Å². The summed E-state index contributed by atoms with van der Waals surface area (Å²) in [6.45, 7) is 0. The summed E-state index contributed by atoms with van der Waals surface area (Å²) in [4.78, 5) is 24.1. The van der Waals surface area contributed by atoms with E-state index in [-0.39, 0.29) is 11.7 Å². The lowest BCUT2D eigenvalue weighted by atomic mass is 9.99. The van der Waals surface area contributed by atoms with E-state index in [4.69, 9.17) is 23.2 Å². The third-order valence-electron chi connectivity index (χ3n) is 3.06. The molecule has 1 aliphatic heterocycles. The van der Waals surface area contributed by atoms with E-state index in [1.54, 1.807) is 18.2 Å². The summed E-state index contributed by atoms with van der Waals surface area (Å²) in [5.74, 6) is -0.0661. The minimum Gasteiger partial charge on any atom is -0.479 e. The summed E-state index contributed by atoms with van der Waals surface area (Å²) in [5, 5.41) is 13.0. The van der Waals surface area contributed by atoms with Crippen molar-refractivity contribution in [3.63, 3.8) is 0 Å². The topological polar surface area (TPSA) is 66.4 Å². The molecule has 1 atom stereocenters. The van der Waals surface area contributed by atoms with E-state index >= 15 is 0 Å². The van der Waals surface area contributed by atoms with Crippen LogP contribution in [0.2, 0.25) is 10.0 Å². The van der Waals surface area contributed by atoms with Crippen LogP contribution < -0.4 is 5.32 Å². The van der Waals surface area contributed by atoms with Crippen molar-refractivity contribution in [2.75, 3.05) is 17.3 Å². The average Bonchev–Trinajstić information content (AvgIpc) is 2.89. The van der Waals surface area contributed by atoms with Crippen molar-refractivity contribution in [3.8, 4) is 0 Å². The van der Waals surface area contributed by atoms with Crippen molar-refractivity contribution >= 4 is 58.6 Å². The maximum Gasteiger partial charge on any atom is 0.330 e. The maximum atomic E-state index is 12.0. The van der Waals surface area contributed by atoms with E-state index in [0.717, 1.165) is 5.75 Å². The van der Waals surface area contributed by atoms with Crippen LogP contribution in [0.25, 0.3) is 0 Å². The minimum atomic E-state index is -1.14. The molecule has 1 aromatic rings. The minimum absolute atomic E-state index is 0.0970. The highest BCUT2D eigenvalue weighted by molar-refractivity contribution is 8.00. The fraction of sp³-hybridized carbons (Fsp3) is 0.385. The Morgan fingerprint density at radius 1 is 1.43 bits per heavy atom. The van der Waals surface area contributed by atoms with Gasteiger partial charge in [-0.05, 0) is 30.4 Å². The van der Waals surface area contributed by atoms with Crippen molar-refractivity contribution in [1.82, 2.24) is 5.32 Å². The average molecular weight is 366 g/mol. The van der Waals surface area contributed by atoms with Crippen LogP contribution in [-0.4, -0.2) is 39.8 Å². The summed E-state index contributed by atoms with van der Waals surface area (Å²) in [6.07, 6.45) is 0.446. The van der Waals surface area contributed by atoms with Gasteiger partial charge in [-0.1, -0.05) is 23.2 Å². The van der Waals surface area contributed by atoms with Crippen LogP contribution in [0.3, 0.4) is 0 Å². The van der Waals surface area contributed by atoms with Gasteiger partial charge in [0.25, 0.3) is 0 Å². The molecule has 114 valence electrons. The van der Waals surface area contributed by atoms with Gasteiger partial charge < -0.3 is 10.4 Å². The molecule has 0 spiro atoms. The molecule has 1 aliphatic rings. The number of carboxylic acid groups (broad SMARTS) is 1. The highest BCUT2D eigenvalue weighted by Gasteiger charge is 2.43. The highest BCUT2D eigenvalue weighted by Crippen LogP contribution is 2.31. The van der Waals surface area contributed by atoms with Gasteiger partial charge in [-0.2, -0.15) is 11.8 Å². The third kappa shape index (κ3) is 4.22. The first-order chi connectivity index (χ1) is 9.93. The molecule has 1 unspecified atom stereocenters. The quantitative estimate of drug-likeness (QED) is 0.784. The van der Waals surface area contributed by atoms with Crippen molar-refractivity contribution in [3.05, 3.63) is 28.2 Å². The van der Waals surface area contributed by atoms with E-state index in [2.05, 4.69) is 5.32 Å². The van der Waals surface area contributed by atoms with E-state index in [9.17, 15) is 14.7 Å². The lowest BCUT2D eigenvalue weighted by molar-refractivity contribution is -0.146. The molecule has 1 amide bonds. The summed E-state index contributed by atoms with van der Waals surface area (Å²) in [7, 11) is 0. The summed E-state index contributed by atoms with van der Waals surface area (Å²) < 4.78 is 0. The Labute approximate surface area is 141 Å². The third-order valence-corrected chi connectivity index (χ3v) is 5.98. The summed E-state index contributed by atoms with van der Waals surface area (Å²) in [6, 6.07) is 5.01. The number of rotatable bonds is 5. The molecule has 1 aromatic carbocycles. The predicted molar refractivity (Wildman–Crippen MR) is 87.6 cm³/mol. The van der Waals surface area contributed by atoms with Gasteiger partial charge in [0.05, 0.1) is 10.8 Å². The molecular formula is C13H13Cl2NO3S2. The Kier molecular flexibility index (Phi) is 5.71. The van der Waals surface area contributed by atoms with Crippen molar-refractivity contribution in [2.45, 2.75) is 16.9 Å². The van der Waals surface area contributed by atoms with Gasteiger partial charge in [-0.3, -0.25) is 4.79 Å². The normalized spacial score (nSPS) is 21.2. The molecule has 0 aliphatic carbocycles. The van der Waals surface area contributed by atoms with Gasteiger partial charge in [-0.25, -0.2) is 4.79 Å². The fourth-order valence-corrected chi connectivity index (χ4v) is 4.54. The Bertz CT molecular complexity index is 562. The number of benzene rings is 1. The van der Waals surface area contributed by atoms with Crippen LogP contribution in [0.15, 0.2) is 23.1 Å². The Balaban J connectivity index is 1.96. The lowest BCUT2D eigenvalue weighted by Crippen LogP contribution is -2.55. The number of amides is 1. The van der Waals surface area contributed by atoms with Crippen LogP contribution in [-0.2, 0) is 9.59 Å². The molecule has 2 rings (SSSR count). The molecule has 0 radical (unpaired) electrons. The monoisotopic (exact) mass is 365 g/mol. The van der Waals surface area contributed by atoms with Gasteiger partial charge in [-0.15, -0.1) is 11.8 Å². The molecule has 1 saturated heterocycles. The molecule has 1 heterocycles. The number of nitrogens with one attached hydrogen (secondary N) is 1. The standard InChI is InChI=1S/C13H13Cl2NO3S2/c14-8-1-2-9(15)10(5-8)21-6-11(17)16-13(12(18)19)3-4-20-7-13/h1-2,5H,3-4,6-7H2,(H,16,17)(H,18,19). The number of hydrogen-bond acceptors (Lipinski definition) is 4. The number of carbonyl (C=O) groups excluding carboxylic acids is 1. The summed E-state index contributed by atoms with van der Waals surface area (Å²) >= 11 is 14.7. The first-order valence-corrected chi connectivity index (χ1v) is 9.02. The zero-order valence-electron chi connectivity index (χ0n) is 10.9. The first kappa shape index (κ1) is 16.8. The molecule has 0 bridgehead atoms. The largest absolute Gasteiger partial charge is 0.479 e. The van der Waals surface area contributed by atoms with Gasteiger partial charge in [0, 0.05) is 15.7 Å². The second-order valence-corrected chi connectivity index (χ2v) is 7.57. The van der Waals surface area contributed by atoms with Gasteiger partial charge in [0.2, 0.25) is 5.91 Å². The first-order valence-electron chi connectivity index (χ1n) is 6.13. The number of halogens is 2. The second kappa shape index (κ2) is 7.13. The van der Waals surface area contributed by atoms with Crippen LogP contribution in [0.1, 0.15) is 6.42 Å². The highest BCUT2D eigenvalue weighted by atomic mass is 35.5. The predicted octanol–water partition coefficient (Wildman–Crippen LogP) is 3.16. The number of thioether (sulfide) groups is 2. The van der Waals surface area contributed by atoms with Crippen LogP contribution in [0.5, 0.6) is 0 Å². The molecule has 8 heteroatoms. The van der Waals surface area contributed by atoms with E-state index < -0.39 is 11.5 Å². The maximum absolute atomic E-state index is 12.0.